The van der Waals surface area contributed by atoms with Crippen LogP contribution in [0, 0.1) is 0 Å². The number of ketones is 1. The molecule has 4 heteroatoms. The Bertz CT molecular complexity index is 377. The monoisotopic (exact) mass is 313 g/mol. The van der Waals surface area contributed by atoms with Crippen molar-refractivity contribution in [1.82, 2.24) is 0 Å². The third-order valence-electron chi connectivity index (χ3n) is 1.94. The molecule has 83 valence electrons. The number of carbonyl (C=O) groups excluding carboxylic acids is 1. The van der Waals surface area contributed by atoms with Crippen LogP contribution in [0.5, 0.6) is 5.75 Å². The van der Waals surface area contributed by atoms with Crippen molar-refractivity contribution in [2.45, 2.75) is 20.0 Å². The van der Waals surface area contributed by atoms with Crippen LogP contribution < -0.4 is 4.74 Å². The number of Topliss-reactive ketones (excluding diaryl/α,β-unsaturated/α-hetero) is 1. The van der Waals surface area contributed by atoms with Gasteiger partial charge in [-0.25, -0.2) is 0 Å². The molecule has 2 nitrogen and oxygen atoms in total. The molecule has 0 N–H and O–H groups in total. The van der Waals surface area contributed by atoms with E-state index in [0.29, 0.717) is 0 Å². The second kappa shape index (κ2) is 6.14. The fourth-order valence-corrected chi connectivity index (χ4v) is 2.10. The van der Waals surface area contributed by atoms with Gasteiger partial charge >= 0.3 is 101 Å². The zero-order chi connectivity index (χ0) is 11.3. The van der Waals surface area contributed by atoms with Crippen LogP contribution in [0.3, 0.4) is 0 Å². The van der Waals surface area contributed by atoms with Crippen molar-refractivity contribution < 1.29 is 25.2 Å². The first kappa shape index (κ1) is 12.5. The molecule has 1 rings (SSSR count). The summed E-state index contributed by atoms with van der Waals surface area (Å²) in [4.78, 5) is 11.1. The van der Waals surface area contributed by atoms with Crippen molar-refractivity contribution >= 4 is 20.1 Å². The van der Waals surface area contributed by atoms with Gasteiger partial charge in [0.05, 0.1) is 0 Å². The summed E-state index contributed by atoms with van der Waals surface area (Å²) in [6.45, 7) is 3.26. The van der Waals surface area contributed by atoms with Gasteiger partial charge in [0.25, 0.3) is 0 Å². The normalized spacial score (nSPS) is 13.3. The predicted molar refractivity (Wildman–Crippen MR) is 58.2 cm³/mol. The number of ether oxygens (including phenoxy) is 1. The fourth-order valence-electron chi connectivity index (χ4n) is 0.987. The van der Waals surface area contributed by atoms with Crippen LogP contribution in [0.15, 0.2) is 24.3 Å². The molecular weight excluding hydrogens is 301 g/mol. The average molecular weight is 313 g/mol. The number of carbonyl (C=O) groups is 1. The molecule has 0 aliphatic rings. The van der Waals surface area contributed by atoms with Crippen LogP contribution in [-0.4, -0.2) is 16.5 Å². The van der Waals surface area contributed by atoms with Gasteiger partial charge in [0.2, 0.25) is 0 Å². The number of hydrogen-bond donors (Lipinski definition) is 0. The molecule has 0 amide bonds. The maximum absolute atomic E-state index is 11.1. The summed E-state index contributed by atoms with van der Waals surface area (Å²) >= 11 is -0.289. The predicted octanol–water partition coefficient (Wildman–Crippen LogP) is 2.43. The topological polar surface area (TPSA) is 26.3 Å². The molecule has 0 radical (unpaired) electrons. The molecule has 1 aromatic rings. The summed E-state index contributed by atoms with van der Waals surface area (Å²) in [6.07, 6.45) is -0.411. The fraction of sp³-hybridized carbons (Fsp3) is 0.273. The van der Waals surface area contributed by atoms with Crippen molar-refractivity contribution in [2.75, 3.05) is 0 Å². The van der Waals surface area contributed by atoms with E-state index < -0.39 is 6.10 Å². The second-order valence-corrected chi connectivity index (χ2v) is 4.88. The van der Waals surface area contributed by atoms with Gasteiger partial charge in [-0.1, -0.05) is 0 Å². The molecule has 0 aliphatic carbocycles. The van der Waals surface area contributed by atoms with Gasteiger partial charge in [-0.15, -0.1) is 0 Å². The van der Waals surface area contributed by atoms with Crippen molar-refractivity contribution in [3.8, 4) is 5.75 Å². The number of hydrogen-bond acceptors (Lipinski definition) is 2. The van der Waals surface area contributed by atoms with Crippen LogP contribution >= 0.6 is 9.69 Å². The summed E-state index contributed by atoms with van der Waals surface area (Å²) in [6, 6.07) is 7.58. The van der Waals surface area contributed by atoms with E-state index in [9.17, 15) is 4.79 Å². The third-order valence-corrected chi connectivity index (χ3v) is 3.13. The van der Waals surface area contributed by atoms with Crippen LogP contribution in [0.4, 0.5) is 0 Å². The Kier molecular flexibility index (Phi) is 5.14. The van der Waals surface area contributed by atoms with Crippen molar-refractivity contribution in [3.63, 3.8) is 0 Å². The van der Waals surface area contributed by atoms with Crippen LogP contribution in [0.1, 0.15) is 19.4 Å². The van der Waals surface area contributed by atoms with Crippen molar-refractivity contribution in [1.29, 1.82) is 0 Å². The molecule has 0 saturated heterocycles. The Hall–Kier alpha value is -0.527. The van der Waals surface area contributed by atoms with E-state index in [2.05, 4.69) is 0 Å². The van der Waals surface area contributed by atoms with Gasteiger partial charge in [0.1, 0.15) is 0 Å². The molecule has 1 atom stereocenters. The maximum atomic E-state index is 11.1. The summed E-state index contributed by atoms with van der Waals surface area (Å²) < 4.78 is 7.48. The summed E-state index contributed by atoms with van der Waals surface area (Å²) in [5.41, 5.74) is 0.957. The first-order chi connectivity index (χ1) is 7.15. The summed E-state index contributed by atoms with van der Waals surface area (Å²) in [7, 11) is 5.72. The number of halogens is 1. The van der Waals surface area contributed by atoms with Gasteiger partial charge in [-0.2, -0.15) is 0 Å². The number of para-hydroxylation sites is 1. The Morgan fingerprint density at radius 3 is 2.80 bits per heavy atom. The zero-order valence-corrected chi connectivity index (χ0v) is 11.0. The number of rotatable bonds is 4. The first-order valence-electron chi connectivity index (χ1n) is 4.46. The minimum absolute atomic E-state index is 0.0172. The number of benzene rings is 1. The minimum atomic E-state index is -0.411. The summed E-state index contributed by atoms with van der Waals surface area (Å²) in [5, 5.41) is 0. The van der Waals surface area contributed by atoms with Gasteiger partial charge in [0.15, 0.2) is 0 Å². The SMILES string of the molecule is CC(=O)C(C)Oc1ccccc1[CH]=[Ru][Cl]. The Morgan fingerprint density at radius 1 is 1.53 bits per heavy atom. The Balaban J connectivity index is 2.88. The average Bonchev–Trinajstić information content (AvgIpc) is 2.21. The van der Waals surface area contributed by atoms with Crippen molar-refractivity contribution in [2.24, 2.45) is 0 Å². The molecule has 0 aliphatic heterocycles. The standard InChI is InChI=1S/C11H12O2.ClH.Ru/c1-8-6-4-5-7-11(8)13-10(3)9(2)12;;/h1,4-7,10H,2-3H3;1H;/q;;+1/p-1. The third kappa shape index (κ3) is 3.85. The molecular formula is C11H12ClO2Ru. The van der Waals surface area contributed by atoms with Crippen LogP contribution in [-0.2, 0) is 20.5 Å². The molecule has 0 spiro atoms. The van der Waals surface area contributed by atoms with Crippen molar-refractivity contribution in [3.05, 3.63) is 29.8 Å². The Morgan fingerprint density at radius 2 is 2.20 bits per heavy atom. The molecule has 0 saturated carbocycles. The van der Waals surface area contributed by atoms with Gasteiger partial charge in [0, 0.05) is 0 Å². The quantitative estimate of drug-likeness (QED) is 0.798. The van der Waals surface area contributed by atoms with Gasteiger partial charge < -0.3 is 0 Å². The van der Waals surface area contributed by atoms with E-state index in [0.717, 1.165) is 11.3 Å². The van der Waals surface area contributed by atoms with E-state index in [-0.39, 0.29) is 21.5 Å². The second-order valence-electron chi connectivity index (χ2n) is 3.09. The van der Waals surface area contributed by atoms with Crippen LogP contribution in [0.25, 0.3) is 0 Å². The van der Waals surface area contributed by atoms with Gasteiger partial charge in [-0.05, 0) is 0 Å². The van der Waals surface area contributed by atoms with E-state index in [4.69, 9.17) is 14.4 Å². The molecule has 1 unspecified atom stereocenters. The van der Waals surface area contributed by atoms with Gasteiger partial charge in [-0.3, -0.25) is 0 Å². The van der Waals surface area contributed by atoms with E-state index in [1.165, 1.54) is 6.92 Å². The van der Waals surface area contributed by atoms with E-state index >= 15 is 0 Å². The molecule has 0 fully saturated rings. The molecule has 15 heavy (non-hydrogen) atoms. The molecule has 0 aromatic heterocycles. The van der Waals surface area contributed by atoms with E-state index in [1.807, 2.05) is 28.9 Å². The Labute approximate surface area is 101 Å². The molecule has 1 aromatic carbocycles. The van der Waals surface area contributed by atoms with Crippen LogP contribution in [0.2, 0.25) is 0 Å². The summed E-state index contributed by atoms with van der Waals surface area (Å²) in [5.74, 6) is 0.735. The first-order valence-corrected chi connectivity index (χ1v) is 7.71. The molecule has 0 bridgehead atoms. The molecule has 0 heterocycles. The van der Waals surface area contributed by atoms with E-state index in [1.54, 1.807) is 6.92 Å². The zero-order valence-electron chi connectivity index (χ0n) is 8.51.